The molecule has 0 aliphatic rings. The van der Waals surface area contributed by atoms with Crippen LogP contribution in [0.4, 0.5) is 11.5 Å². The summed E-state index contributed by atoms with van der Waals surface area (Å²) in [5.74, 6) is 0.851. The summed E-state index contributed by atoms with van der Waals surface area (Å²) >= 11 is 3.43. The van der Waals surface area contributed by atoms with Crippen molar-refractivity contribution in [2.24, 2.45) is 0 Å². The Morgan fingerprint density at radius 2 is 1.95 bits per heavy atom. The van der Waals surface area contributed by atoms with Crippen LogP contribution in [-0.4, -0.2) is 9.97 Å². The van der Waals surface area contributed by atoms with Gasteiger partial charge in [0.1, 0.15) is 5.82 Å². The van der Waals surface area contributed by atoms with Crippen LogP contribution < -0.4 is 5.32 Å². The predicted octanol–water partition coefficient (Wildman–Crippen LogP) is 4.75. The first kappa shape index (κ1) is 13.1. The number of anilines is 2. The zero-order valence-corrected chi connectivity index (χ0v) is 12.9. The summed E-state index contributed by atoms with van der Waals surface area (Å²) in [4.78, 5) is 9.04. The number of hydrogen-bond donors (Lipinski definition) is 1. The van der Waals surface area contributed by atoms with Crippen LogP contribution in [0.15, 0.2) is 47.1 Å². The molecule has 0 fully saturated rings. The van der Waals surface area contributed by atoms with E-state index in [2.05, 4.69) is 43.3 Å². The van der Waals surface area contributed by atoms with E-state index >= 15 is 0 Å². The number of hydrogen-bond acceptors (Lipinski definition) is 3. The molecule has 0 saturated heterocycles. The normalized spacial score (nSPS) is 10.8. The Hall–Kier alpha value is -1.94. The van der Waals surface area contributed by atoms with Crippen molar-refractivity contribution in [1.82, 2.24) is 9.97 Å². The standard InChI is InChI=1S/C16H14BrN3/c1-10-8-13(17)9-18-16(10)20-14-5-3-4-12-7-6-11(2)19-15(12)14/h3-9H,1-2H3,(H,18,20). The van der Waals surface area contributed by atoms with Crippen molar-refractivity contribution < 1.29 is 0 Å². The van der Waals surface area contributed by atoms with Gasteiger partial charge in [0.05, 0.1) is 11.2 Å². The fourth-order valence-corrected chi connectivity index (χ4v) is 2.59. The van der Waals surface area contributed by atoms with Crippen LogP contribution >= 0.6 is 15.9 Å². The average molecular weight is 328 g/mol. The molecule has 0 aliphatic carbocycles. The third-order valence-corrected chi connectivity index (χ3v) is 3.59. The maximum Gasteiger partial charge on any atom is 0.133 e. The molecule has 4 heteroatoms. The molecule has 0 unspecified atom stereocenters. The molecule has 3 rings (SSSR count). The van der Waals surface area contributed by atoms with Gasteiger partial charge in [-0.15, -0.1) is 0 Å². The highest BCUT2D eigenvalue weighted by atomic mass is 79.9. The van der Waals surface area contributed by atoms with Gasteiger partial charge in [-0.1, -0.05) is 18.2 Å². The smallest absolute Gasteiger partial charge is 0.133 e. The van der Waals surface area contributed by atoms with E-state index in [0.29, 0.717) is 0 Å². The molecule has 0 saturated carbocycles. The van der Waals surface area contributed by atoms with Crippen molar-refractivity contribution in [3.05, 3.63) is 58.3 Å². The van der Waals surface area contributed by atoms with Gasteiger partial charge in [-0.2, -0.15) is 0 Å². The molecule has 2 heterocycles. The Labute approximate surface area is 126 Å². The van der Waals surface area contributed by atoms with Crippen LogP contribution in [0.1, 0.15) is 11.3 Å². The van der Waals surface area contributed by atoms with Crippen LogP contribution in [0.3, 0.4) is 0 Å². The van der Waals surface area contributed by atoms with Gasteiger partial charge in [-0.05, 0) is 53.5 Å². The summed E-state index contributed by atoms with van der Waals surface area (Å²) in [6, 6.07) is 12.3. The molecule has 0 bridgehead atoms. The molecule has 100 valence electrons. The minimum atomic E-state index is 0.851. The summed E-state index contributed by atoms with van der Waals surface area (Å²) in [5.41, 5.74) is 4.04. The number of pyridine rings is 2. The molecule has 3 aromatic rings. The quantitative estimate of drug-likeness (QED) is 0.737. The second-order valence-electron chi connectivity index (χ2n) is 4.77. The number of benzene rings is 1. The maximum atomic E-state index is 4.62. The largest absolute Gasteiger partial charge is 0.338 e. The molecule has 0 radical (unpaired) electrons. The predicted molar refractivity (Wildman–Crippen MR) is 86.4 cm³/mol. The SMILES string of the molecule is Cc1ccc2cccc(Nc3ncc(Br)cc3C)c2n1. The second kappa shape index (κ2) is 5.21. The lowest BCUT2D eigenvalue weighted by molar-refractivity contribution is 1.23. The molecule has 3 nitrogen and oxygen atoms in total. The van der Waals surface area contributed by atoms with Gasteiger partial charge in [0, 0.05) is 21.7 Å². The third-order valence-electron chi connectivity index (χ3n) is 3.16. The van der Waals surface area contributed by atoms with Gasteiger partial charge >= 0.3 is 0 Å². The Bertz CT molecular complexity index is 784. The summed E-state index contributed by atoms with van der Waals surface area (Å²) in [6.45, 7) is 4.03. The van der Waals surface area contributed by atoms with Crippen LogP contribution in [0.2, 0.25) is 0 Å². The van der Waals surface area contributed by atoms with Crippen LogP contribution in [-0.2, 0) is 0 Å². The van der Waals surface area contributed by atoms with Crippen molar-refractivity contribution in [3.8, 4) is 0 Å². The summed E-state index contributed by atoms with van der Waals surface area (Å²) in [6.07, 6.45) is 1.79. The molecular formula is C16H14BrN3. The number of nitrogens with zero attached hydrogens (tertiary/aromatic N) is 2. The Morgan fingerprint density at radius 3 is 2.75 bits per heavy atom. The van der Waals surface area contributed by atoms with Crippen LogP contribution in [0.25, 0.3) is 10.9 Å². The Kier molecular flexibility index (Phi) is 3.40. The number of nitrogens with one attached hydrogen (secondary N) is 1. The lowest BCUT2D eigenvalue weighted by atomic mass is 10.1. The Balaban J connectivity index is 2.08. The lowest BCUT2D eigenvalue weighted by Gasteiger charge is -2.11. The molecule has 0 atom stereocenters. The molecule has 20 heavy (non-hydrogen) atoms. The molecular weight excluding hydrogens is 314 g/mol. The van der Waals surface area contributed by atoms with Gasteiger partial charge in [-0.3, -0.25) is 4.98 Å². The van der Waals surface area contributed by atoms with E-state index in [1.807, 2.05) is 38.1 Å². The first-order valence-electron chi connectivity index (χ1n) is 6.39. The zero-order valence-electron chi connectivity index (χ0n) is 11.3. The summed E-state index contributed by atoms with van der Waals surface area (Å²) in [7, 11) is 0. The molecule has 2 aromatic heterocycles. The highest BCUT2D eigenvalue weighted by molar-refractivity contribution is 9.10. The van der Waals surface area contributed by atoms with Gasteiger partial charge in [0.15, 0.2) is 0 Å². The fourth-order valence-electron chi connectivity index (χ4n) is 2.14. The molecule has 0 spiro atoms. The highest BCUT2D eigenvalue weighted by Crippen LogP contribution is 2.26. The van der Waals surface area contributed by atoms with E-state index in [0.717, 1.165) is 38.1 Å². The van der Waals surface area contributed by atoms with E-state index in [1.54, 1.807) is 6.20 Å². The van der Waals surface area contributed by atoms with E-state index in [-0.39, 0.29) is 0 Å². The molecule has 0 aliphatic heterocycles. The minimum Gasteiger partial charge on any atom is -0.338 e. The molecule has 0 amide bonds. The molecule has 1 N–H and O–H groups in total. The topological polar surface area (TPSA) is 37.8 Å². The highest BCUT2D eigenvalue weighted by Gasteiger charge is 2.06. The number of halogens is 1. The zero-order chi connectivity index (χ0) is 14.1. The lowest BCUT2D eigenvalue weighted by Crippen LogP contribution is -1.98. The first-order valence-corrected chi connectivity index (χ1v) is 7.18. The van der Waals surface area contributed by atoms with Gasteiger partial charge in [0.25, 0.3) is 0 Å². The van der Waals surface area contributed by atoms with Crippen LogP contribution in [0.5, 0.6) is 0 Å². The van der Waals surface area contributed by atoms with E-state index in [9.17, 15) is 0 Å². The number of para-hydroxylation sites is 1. The van der Waals surface area contributed by atoms with Crippen molar-refractivity contribution in [3.63, 3.8) is 0 Å². The van der Waals surface area contributed by atoms with E-state index in [1.165, 1.54) is 0 Å². The fraction of sp³-hybridized carbons (Fsp3) is 0.125. The first-order chi connectivity index (χ1) is 9.63. The third kappa shape index (κ3) is 2.51. The van der Waals surface area contributed by atoms with Gasteiger partial charge in [-0.25, -0.2) is 4.98 Å². The molecule has 1 aromatic carbocycles. The summed E-state index contributed by atoms with van der Waals surface area (Å²) in [5, 5.41) is 4.50. The van der Waals surface area contributed by atoms with Crippen LogP contribution in [0, 0.1) is 13.8 Å². The monoisotopic (exact) mass is 327 g/mol. The Morgan fingerprint density at radius 1 is 1.10 bits per heavy atom. The van der Waals surface area contributed by atoms with Crippen molar-refractivity contribution in [2.75, 3.05) is 5.32 Å². The van der Waals surface area contributed by atoms with Gasteiger partial charge in [0.2, 0.25) is 0 Å². The minimum absolute atomic E-state index is 0.851. The van der Waals surface area contributed by atoms with Gasteiger partial charge < -0.3 is 5.32 Å². The van der Waals surface area contributed by atoms with Crippen molar-refractivity contribution in [1.29, 1.82) is 0 Å². The number of rotatable bonds is 2. The van der Waals surface area contributed by atoms with E-state index < -0.39 is 0 Å². The number of aryl methyl sites for hydroxylation is 2. The average Bonchev–Trinajstić information content (AvgIpc) is 2.42. The van der Waals surface area contributed by atoms with Crippen molar-refractivity contribution >= 4 is 38.3 Å². The van der Waals surface area contributed by atoms with E-state index in [4.69, 9.17) is 0 Å². The second-order valence-corrected chi connectivity index (χ2v) is 5.69. The maximum absolute atomic E-state index is 4.62. The number of aromatic nitrogens is 2. The number of fused-ring (bicyclic) bond motifs is 1. The van der Waals surface area contributed by atoms with Crippen molar-refractivity contribution in [2.45, 2.75) is 13.8 Å². The summed E-state index contributed by atoms with van der Waals surface area (Å²) < 4.78 is 0.979.